The Bertz CT molecular complexity index is 812. The number of aliphatic hydroxyl groups excluding tert-OH is 2. The summed E-state index contributed by atoms with van der Waals surface area (Å²) in [5.41, 5.74) is -0.978. The van der Waals surface area contributed by atoms with E-state index in [1.165, 1.54) is 0 Å². The molecule has 0 unspecified atom stereocenters. The molecular formula is C18H19Cl6NO8S. The third-order valence-electron chi connectivity index (χ3n) is 4.09. The van der Waals surface area contributed by atoms with E-state index < -0.39 is 69.4 Å². The molecule has 0 radical (unpaired) electrons. The smallest absolute Gasteiger partial charge is 0.445 e. The SMILES string of the molecule is O=C(N[C@@H]1[C@@H](OC(=O)OCC(Cl)(Cl)Cl)[C@H](O)[C@@H](CO)O[C@H]1Sc1ccccc1)OCC(Cl)(Cl)Cl. The summed E-state index contributed by atoms with van der Waals surface area (Å²) in [4.78, 5) is 25.3. The summed E-state index contributed by atoms with van der Waals surface area (Å²) < 4.78 is 16.8. The first-order valence-corrected chi connectivity index (χ1v) is 12.5. The van der Waals surface area contributed by atoms with Gasteiger partial charge in [0, 0.05) is 4.90 Å². The Morgan fingerprint density at radius 1 is 1.03 bits per heavy atom. The van der Waals surface area contributed by atoms with Gasteiger partial charge in [0.2, 0.25) is 7.59 Å². The van der Waals surface area contributed by atoms with Crippen molar-refractivity contribution in [2.45, 2.75) is 42.3 Å². The summed E-state index contributed by atoms with van der Waals surface area (Å²) >= 11 is 34.6. The van der Waals surface area contributed by atoms with Gasteiger partial charge in [0.25, 0.3) is 0 Å². The van der Waals surface area contributed by atoms with E-state index in [-0.39, 0.29) is 0 Å². The highest BCUT2D eigenvalue weighted by Crippen LogP contribution is 2.35. The quantitative estimate of drug-likeness (QED) is 0.303. The third-order valence-corrected chi connectivity index (χ3v) is 5.92. The van der Waals surface area contributed by atoms with Gasteiger partial charge in [-0.2, -0.15) is 0 Å². The van der Waals surface area contributed by atoms with Crippen molar-refractivity contribution in [1.82, 2.24) is 5.32 Å². The summed E-state index contributed by atoms with van der Waals surface area (Å²) in [5.74, 6) is 0. The van der Waals surface area contributed by atoms with E-state index in [2.05, 4.69) is 5.32 Å². The predicted molar refractivity (Wildman–Crippen MR) is 129 cm³/mol. The van der Waals surface area contributed by atoms with Crippen molar-refractivity contribution in [1.29, 1.82) is 0 Å². The minimum Gasteiger partial charge on any atom is -0.445 e. The van der Waals surface area contributed by atoms with Crippen LogP contribution in [0.5, 0.6) is 0 Å². The van der Waals surface area contributed by atoms with Gasteiger partial charge in [0.1, 0.15) is 36.9 Å². The highest BCUT2D eigenvalue weighted by Gasteiger charge is 2.49. The monoisotopic (exact) mass is 619 g/mol. The fraction of sp³-hybridized carbons (Fsp3) is 0.556. The van der Waals surface area contributed by atoms with E-state index >= 15 is 0 Å². The van der Waals surface area contributed by atoms with E-state index in [1.54, 1.807) is 30.3 Å². The Kier molecular flexibility index (Phi) is 11.7. The maximum Gasteiger partial charge on any atom is 0.508 e. The van der Waals surface area contributed by atoms with Crippen LogP contribution in [0.4, 0.5) is 9.59 Å². The van der Waals surface area contributed by atoms with Crippen molar-refractivity contribution in [2.75, 3.05) is 19.8 Å². The van der Waals surface area contributed by atoms with E-state index in [1.807, 2.05) is 0 Å². The number of hydrogen-bond donors (Lipinski definition) is 3. The lowest BCUT2D eigenvalue weighted by atomic mass is 9.98. The van der Waals surface area contributed by atoms with Crippen LogP contribution in [-0.4, -0.2) is 79.7 Å². The zero-order valence-electron chi connectivity index (χ0n) is 16.9. The number of halogens is 6. The molecule has 0 saturated carbocycles. The summed E-state index contributed by atoms with van der Waals surface area (Å²) in [6.45, 7) is -1.86. The van der Waals surface area contributed by atoms with Crippen LogP contribution in [0.15, 0.2) is 35.2 Å². The van der Waals surface area contributed by atoms with Crippen molar-refractivity contribution in [2.24, 2.45) is 0 Å². The molecule has 0 aliphatic carbocycles. The minimum atomic E-state index is -1.91. The number of hydrogen-bond acceptors (Lipinski definition) is 9. The van der Waals surface area contributed by atoms with Gasteiger partial charge in [-0.05, 0) is 12.1 Å². The standard InChI is InChI=1S/C18H19Cl6NO8S/c19-17(20,21)7-30-15(28)25-11-13(33-16(29)31-8-18(22,23)24)12(27)10(6-26)32-14(11)34-9-4-2-1-3-5-9/h1-5,10-14,26-27H,6-8H2,(H,25,28)/t10-,11-,12-,13-,14+/m1/s1. The number of carbonyl (C=O) groups excluding carboxylic acids is 2. The van der Waals surface area contributed by atoms with Gasteiger partial charge < -0.3 is 34.5 Å². The molecule has 0 aromatic heterocycles. The lowest BCUT2D eigenvalue weighted by Crippen LogP contribution is -2.64. The molecule has 5 atom stereocenters. The van der Waals surface area contributed by atoms with Gasteiger partial charge in [-0.1, -0.05) is 99.6 Å². The Balaban J connectivity index is 2.26. The van der Waals surface area contributed by atoms with Crippen LogP contribution in [0.3, 0.4) is 0 Å². The normalized spacial score (nSPS) is 25.4. The van der Waals surface area contributed by atoms with Crippen LogP contribution in [0.25, 0.3) is 0 Å². The average Bonchev–Trinajstić information content (AvgIpc) is 2.75. The van der Waals surface area contributed by atoms with Crippen molar-refractivity contribution in [3.05, 3.63) is 30.3 Å². The molecule has 0 bridgehead atoms. The molecule has 1 aromatic carbocycles. The number of alkyl carbamates (subject to hydrolysis) is 1. The highest BCUT2D eigenvalue weighted by atomic mass is 35.6. The average molecular weight is 622 g/mol. The summed E-state index contributed by atoms with van der Waals surface area (Å²) in [5, 5.41) is 22.8. The number of nitrogens with one attached hydrogen (secondary N) is 1. The Hall–Kier alpha value is -0.270. The number of amides is 1. The molecule has 9 nitrogen and oxygen atoms in total. The van der Waals surface area contributed by atoms with E-state index in [0.717, 1.165) is 11.8 Å². The van der Waals surface area contributed by atoms with E-state index in [4.69, 9.17) is 88.6 Å². The van der Waals surface area contributed by atoms with Crippen LogP contribution in [0.2, 0.25) is 0 Å². The molecule has 16 heteroatoms. The summed E-state index contributed by atoms with van der Waals surface area (Å²) in [6, 6.07) is 7.63. The number of ether oxygens (including phenoxy) is 4. The molecule has 1 aliphatic heterocycles. The number of benzene rings is 1. The number of aliphatic hydroxyl groups is 2. The second kappa shape index (κ2) is 13.3. The summed E-state index contributed by atoms with van der Waals surface area (Å²) in [7, 11) is 0. The molecule has 3 N–H and O–H groups in total. The molecule has 1 aliphatic rings. The van der Waals surface area contributed by atoms with E-state index in [0.29, 0.717) is 4.90 Å². The first kappa shape index (κ1) is 30.0. The number of rotatable bonds is 7. The molecule has 1 heterocycles. The number of carbonyl (C=O) groups is 2. The second-order valence-electron chi connectivity index (χ2n) is 6.74. The molecule has 2 rings (SSSR count). The highest BCUT2D eigenvalue weighted by molar-refractivity contribution is 7.99. The van der Waals surface area contributed by atoms with Crippen LogP contribution >= 0.6 is 81.4 Å². The molecule has 1 fully saturated rings. The molecule has 1 amide bonds. The maximum atomic E-state index is 12.4. The van der Waals surface area contributed by atoms with E-state index in [9.17, 15) is 19.8 Å². The fourth-order valence-corrected chi connectivity index (χ4v) is 4.18. The molecule has 34 heavy (non-hydrogen) atoms. The Morgan fingerprint density at radius 2 is 1.62 bits per heavy atom. The van der Waals surface area contributed by atoms with Gasteiger partial charge in [0.05, 0.1) is 6.61 Å². The van der Waals surface area contributed by atoms with Crippen molar-refractivity contribution in [3.8, 4) is 0 Å². The summed E-state index contributed by atoms with van der Waals surface area (Å²) in [6.07, 6.45) is -6.61. The Morgan fingerprint density at radius 3 is 2.18 bits per heavy atom. The topological polar surface area (TPSA) is 124 Å². The van der Waals surface area contributed by atoms with Gasteiger partial charge >= 0.3 is 12.2 Å². The van der Waals surface area contributed by atoms with Crippen molar-refractivity contribution < 1.29 is 38.7 Å². The van der Waals surface area contributed by atoms with Crippen LogP contribution in [-0.2, 0) is 18.9 Å². The Labute approximate surface area is 229 Å². The zero-order chi connectivity index (χ0) is 25.5. The van der Waals surface area contributed by atoms with Gasteiger partial charge in [-0.3, -0.25) is 0 Å². The number of thioether (sulfide) groups is 1. The van der Waals surface area contributed by atoms with Crippen LogP contribution in [0, 0.1) is 0 Å². The molecule has 1 aromatic rings. The maximum absolute atomic E-state index is 12.4. The number of alkyl halides is 6. The van der Waals surface area contributed by atoms with Gasteiger partial charge in [0.15, 0.2) is 6.10 Å². The van der Waals surface area contributed by atoms with Crippen LogP contribution in [0.1, 0.15) is 0 Å². The van der Waals surface area contributed by atoms with Gasteiger partial charge in [-0.25, -0.2) is 9.59 Å². The molecule has 0 spiro atoms. The lowest BCUT2D eigenvalue weighted by Gasteiger charge is -2.43. The first-order chi connectivity index (χ1) is 15.8. The lowest BCUT2D eigenvalue weighted by molar-refractivity contribution is -0.176. The van der Waals surface area contributed by atoms with Crippen molar-refractivity contribution in [3.63, 3.8) is 0 Å². The first-order valence-electron chi connectivity index (χ1n) is 9.35. The van der Waals surface area contributed by atoms with Crippen molar-refractivity contribution >= 4 is 93.6 Å². The van der Waals surface area contributed by atoms with Gasteiger partial charge in [-0.15, -0.1) is 0 Å². The fourth-order valence-electron chi connectivity index (χ4n) is 2.71. The molecular weight excluding hydrogens is 603 g/mol. The zero-order valence-corrected chi connectivity index (χ0v) is 22.3. The third kappa shape index (κ3) is 10.4. The molecule has 1 saturated heterocycles. The minimum absolute atomic E-state index is 0.591. The molecule has 192 valence electrons. The largest absolute Gasteiger partial charge is 0.508 e. The predicted octanol–water partition coefficient (Wildman–Crippen LogP) is 4.21. The second-order valence-corrected chi connectivity index (χ2v) is 12.9. The van der Waals surface area contributed by atoms with Crippen LogP contribution < -0.4 is 5.32 Å².